The SMILES string of the molecule is CCNC(=NCCCN1CCCC1C(=O)N(C)C)NCCc1ccc(F)cc1C.I. The molecule has 1 atom stereocenters. The van der Waals surface area contributed by atoms with Crippen LogP contribution in [0, 0.1) is 12.7 Å². The average molecular weight is 533 g/mol. The number of guanidine groups is 1. The predicted molar refractivity (Wildman–Crippen MR) is 132 cm³/mol. The van der Waals surface area contributed by atoms with Crippen LogP contribution in [0.2, 0.25) is 0 Å². The Balaban J connectivity index is 0.00000450. The molecular weight excluding hydrogens is 496 g/mol. The van der Waals surface area contributed by atoms with Crippen molar-refractivity contribution in [3.63, 3.8) is 0 Å². The lowest BCUT2D eigenvalue weighted by Gasteiger charge is -2.25. The molecule has 1 aromatic carbocycles. The number of benzene rings is 1. The summed E-state index contributed by atoms with van der Waals surface area (Å²) in [5, 5.41) is 6.62. The third-order valence-electron chi connectivity index (χ3n) is 5.30. The fourth-order valence-corrected chi connectivity index (χ4v) is 3.73. The van der Waals surface area contributed by atoms with Crippen molar-refractivity contribution in [2.45, 2.75) is 45.6 Å². The second-order valence-electron chi connectivity index (χ2n) is 7.79. The highest BCUT2D eigenvalue weighted by Crippen LogP contribution is 2.18. The van der Waals surface area contributed by atoms with Crippen LogP contribution in [0.5, 0.6) is 0 Å². The Hall–Kier alpha value is -1.42. The number of nitrogens with zero attached hydrogens (tertiary/aromatic N) is 3. The minimum Gasteiger partial charge on any atom is -0.357 e. The minimum absolute atomic E-state index is 0. The number of rotatable bonds is 9. The van der Waals surface area contributed by atoms with Crippen molar-refractivity contribution in [1.82, 2.24) is 20.4 Å². The maximum Gasteiger partial charge on any atom is 0.239 e. The molecule has 0 bridgehead atoms. The summed E-state index contributed by atoms with van der Waals surface area (Å²) in [6, 6.07) is 4.95. The van der Waals surface area contributed by atoms with E-state index in [2.05, 4.69) is 20.5 Å². The van der Waals surface area contributed by atoms with Gasteiger partial charge in [0, 0.05) is 40.3 Å². The average Bonchev–Trinajstić information content (AvgIpc) is 3.14. The quantitative estimate of drug-likeness (QED) is 0.222. The van der Waals surface area contributed by atoms with E-state index in [0.29, 0.717) is 6.54 Å². The molecule has 1 aromatic rings. The molecule has 0 radical (unpaired) electrons. The number of amides is 1. The molecule has 170 valence electrons. The van der Waals surface area contributed by atoms with Crippen molar-refractivity contribution >= 4 is 35.8 Å². The normalized spacial score (nSPS) is 16.8. The van der Waals surface area contributed by atoms with Crippen molar-refractivity contribution in [2.75, 3.05) is 46.8 Å². The summed E-state index contributed by atoms with van der Waals surface area (Å²) >= 11 is 0. The van der Waals surface area contributed by atoms with Gasteiger partial charge in [-0.25, -0.2) is 4.39 Å². The summed E-state index contributed by atoms with van der Waals surface area (Å²) in [5.74, 6) is 0.813. The Morgan fingerprint density at radius 1 is 1.33 bits per heavy atom. The van der Waals surface area contributed by atoms with Gasteiger partial charge >= 0.3 is 0 Å². The maximum atomic E-state index is 13.2. The topological polar surface area (TPSA) is 60.0 Å². The molecule has 0 aliphatic carbocycles. The molecule has 1 saturated heterocycles. The number of halogens is 2. The molecule has 1 amide bonds. The van der Waals surface area contributed by atoms with Crippen LogP contribution in [0.25, 0.3) is 0 Å². The highest BCUT2D eigenvalue weighted by atomic mass is 127. The molecule has 2 rings (SSSR count). The number of likely N-dealkylation sites (tertiary alicyclic amines) is 1. The van der Waals surface area contributed by atoms with Crippen molar-refractivity contribution in [3.05, 3.63) is 35.1 Å². The number of carbonyl (C=O) groups is 1. The largest absolute Gasteiger partial charge is 0.357 e. The highest BCUT2D eigenvalue weighted by Gasteiger charge is 2.30. The monoisotopic (exact) mass is 533 g/mol. The number of likely N-dealkylation sites (N-methyl/N-ethyl adjacent to an activating group) is 1. The van der Waals surface area contributed by atoms with E-state index in [9.17, 15) is 9.18 Å². The Bertz CT molecular complexity index is 698. The second kappa shape index (κ2) is 13.8. The molecule has 6 nitrogen and oxygen atoms in total. The van der Waals surface area contributed by atoms with Gasteiger partial charge in [-0.3, -0.25) is 14.7 Å². The van der Waals surface area contributed by atoms with E-state index in [1.165, 1.54) is 6.07 Å². The third-order valence-corrected chi connectivity index (χ3v) is 5.30. The second-order valence-corrected chi connectivity index (χ2v) is 7.79. The summed E-state index contributed by atoms with van der Waals surface area (Å²) in [7, 11) is 3.65. The molecule has 0 spiro atoms. The van der Waals surface area contributed by atoms with E-state index in [0.717, 1.165) is 68.9 Å². The van der Waals surface area contributed by atoms with Crippen LogP contribution >= 0.6 is 24.0 Å². The lowest BCUT2D eigenvalue weighted by atomic mass is 10.1. The molecule has 1 aliphatic rings. The molecule has 2 N–H and O–H groups in total. The third kappa shape index (κ3) is 8.37. The van der Waals surface area contributed by atoms with Gasteiger partial charge in [0.05, 0.1) is 6.04 Å². The fourth-order valence-electron chi connectivity index (χ4n) is 3.73. The first-order valence-corrected chi connectivity index (χ1v) is 10.6. The first-order chi connectivity index (χ1) is 13.9. The molecule has 1 unspecified atom stereocenters. The number of aliphatic imine (C=N–C) groups is 1. The van der Waals surface area contributed by atoms with Gasteiger partial charge in [-0.2, -0.15) is 0 Å². The van der Waals surface area contributed by atoms with Crippen LogP contribution in [0.4, 0.5) is 4.39 Å². The number of hydrogen-bond donors (Lipinski definition) is 2. The number of aryl methyl sites for hydroxylation is 1. The van der Waals surface area contributed by atoms with Gasteiger partial charge < -0.3 is 15.5 Å². The van der Waals surface area contributed by atoms with Gasteiger partial charge in [0.1, 0.15) is 5.82 Å². The Labute approximate surface area is 197 Å². The van der Waals surface area contributed by atoms with Gasteiger partial charge in [0.25, 0.3) is 0 Å². The van der Waals surface area contributed by atoms with Gasteiger partial charge in [-0.15, -0.1) is 24.0 Å². The zero-order valence-electron chi connectivity index (χ0n) is 18.7. The summed E-state index contributed by atoms with van der Waals surface area (Å²) < 4.78 is 13.2. The molecule has 30 heavy (non-hydrogen) atoms. The van der Waals surface area contributed by atoms with Crippen LogP contribution in [0.15, 0.2) is 23.2 Å². The maximum absolute atomic E-state index is 13.2. The van der Waals surface area contributed by atoms with Crippen LogP contribution in [-0.4, -0.2) is 74.5 Å². The van der Waals surface area contributed by atoms with Crippen molar-refractivity contribution in [1.29, 1.82) is 0 Å². The predicted octanol–water partition coefficient (Wildman–Crippen LogP) is 2.79. The number of hydrogen-bond acceptors (Lipinski definition) is 3. The first-order valence-electron chi connectivity index (χ1n) is 10.6. The molecule has 8 heteroatoms. The van der Waals surface area contributed by atoms with Crippen LogP contribution in [0.1, 0.15) is 37.3 Å². The summed E-state index contributed by atoms with van der Waals surface area (Å²) in [4.78, 5) is 20.9. The molecule has 1 aliphatic heterocycles. The Kier molecular flexibility index (Phi) is 12.2. The summed E-state index contributed by atoms with van der Waals surface area (Å²) in [5.41, 5.74) is 2.11. The first kappa shape index (κ1) is 26.6. The van der Waals surface area contributed by atoms with Crippen LogP contribution in [0.3, 0.4) is 0 Å². The van der Waals surface area contributed by atoms with Crippen molar-refractivity contribution in [2.24, 2.45) is 4.99 Å². The molecule has 0 saturated carbocycles. The van der Waals surface area contributed by atoms with E-state index in [-0.39, 0.29) is 41.7 Å². The minimum atomic E-state index is -0.193. The van der Waals surface area contributed by atoms with Gasteiger partial charge in [-0.05, 0) is 69.3 Å². The Morgan fingerprint density at radius 3 is 2.77 bits per heavy atom. The molecule has 1 heterocycles. The standard InChI is InChI=1S/C22H36FN5O.HI/c1-5-24-22(26-13-11-18-9-10-19(23)16-17(18)2)25-12-7-15-28-14-6-8-20(28)21(29)27(3)4;/h9-10,16,20H,5-8,11-15H2,1-4H3,(H2,24,25,26);1H. The van der Waals surface area contributed by atoms with Crippen LogP contribution in [-0.2, 0) is 11.2 Å². The van der Waals surface area contributed by atoms with Gasteiger partial charge in [-0.1, -0.05) is 6.07 Å². The van der Waals surface area contributed by atoms with E-state index in [1.807, 2.05) is 34.0 Å². The van der Waals surface area contributed by atoms with Gasteiger partial charge in [0.2, 0.25) is 5.91 Å². The fraction of sp³-hybridized carbons (Fsp3) is 0.636. The number of carbonyl (C=O) groups excluding carboxylic acids is 1. The highest BCUT2D eigenvalue weighted by molar-refractivity contribution is 14.0. The molecular formula is C22H37FIN5O. The zero-order valence-corrected chi connectivity index (χ0v) is 21.0. The number of nitrogens with one attached hydrogen (secondary N) is 2. The van der Waals surface area contributed by atoms with E-state index < -0.39 is 0 Å². The summed E-state index contributed by atoms with van der Waals surface area (Å²) in [6.45, 7) is 8.11. The van der Waals surface area contributed by atoms with Crippen LogP contribution < -0.4 is 10.6 Å². The Morgan fingerprint density at radius 2 is 2.10 bits per heavy atom. The van der Waals surface area contributed by atoms with E-state index >= 15 is 0 Å². The van der Waals surface area contributed by atoms with Crippen molar-refractivity contribution < 1.29 is 9.18 Å². The smallest absolute Gasteiger partial charge is 0.239 e. The lowest BCUT2D eigenvalue weighted by Crippen LogP contribution is -2.43. The zero-order chi connectivity index (χ0) is 21.2. The van der Waals surface area contributed by atoms with E-state index in [1.54, 1.807) is 11.0 Å². The summed E-state index contributed by atoms with van der Waals surface area (Å²) in [6.07, 6.45) is 3.78. The lowest BCUT2D eigenvalue weighted by molar-refractivity contribution is -0.133. The van der Waals surface area contributed by atoms with Crippen molar-refractivity contribution in [3.8, 4) is 0 Å². The molecule has 1 fully saturated rings. The molecule has 0 aromatic heterocycles. The van der Waals surface area contributed by atoms with E-state index in [4.69, 9.17) is 0 Å². The van der Waals surface area contributed by atoms with Gasteiger partial charge in [0.15, 0.2) is 5.96 Å².